The van der Waals surface area contributed by atoms with Crippen molar-refractivity contribution in [2.45, 2.75) is 39.8 Å². The van der Waals surface area contributed by atoms with E-state index in [2.05, 4.69) is 47.5 Å². The summed E-state index contributed by atoms with van der Waals surface area (Å²) in [6.07, 6.45) is 1.96. The second kappa shape index (κ2) is 8.25. The van der Waals surface area contributed by atoms with E-state index in [1.807, 2.05) is 18.2 Å². The van der Waals surface area contributed by atoms with Crippen LogP contribution < -0.4 is 4.90 Å². The Morgan fingerprint density at radius 1 is 1.14 bits per heavy atom. The van der Waals surface area contributed by atoms with Crippen molar-refractivity contribution >= 4 is 28.1 Å². The minimum Gasteiger partial charge on any atom is -0.293 e. The van der Waals surface area contributed by atoms with Crippen molar-refractivity contribution in [2.75, 3.05) is 11.4 Å². The predicted molar refractivity (Wildman–Crippen MR) is 115 cm³/mol. The predicted octanol–water partition coefficient (Wildman–Crippen LogP) is 4.95. The molecule has 28 heavy (non-hydrogen) atoms. The van der Waals surface area contributed by atoms with E-state index in [1.165, 1.54) is 11.1 Å². The zero-order chi connectivity index (χ0) is 19.5. The van der Waals surface area contributed by atoms with Crippen LogP contribution in [0.2, 0.25) is 0 Å². The van der Waals surface area contributed by atoms with Gasteiger partial charge < -0.3 is 0 Å². The summed E-state index contributed by atoms with van der Waals surface area (Å²) in [5, 5.41) is 2.83. The Morgan fingerprint density at radius 3 is 2.68 bits per heavy atom. The second-order valence-corrected chi connectivity index (χ2v) is 8.02. The molecule has 5 heteroatoms. The van der Waals surface area contributed by atoms with Gasteiger partial charge in [-0.1, -0.05) is 49.4 Å². The molecule has 0 saturated heterocycles. The number of anilines is 2. The van der Waals surface area contributed by atoms with Crippen LogP contribution in [0, 0.1) is 0 Å². The molecule has 2 heterocycles. The molecule has 1 amide bonds. The van der Waals surface area contributed by atoms with Crippen LogP contribution in [0.4, 0.5) is 10.8 Å². The van der Waals surface area contributed by atoms with E-state index >= 15 is 0 Å². The number of benzene rings is 2. The van der Waals surface area contributed by atoms with Crippen LogP contribution in [-0.2, 0) is 30.7 Å². The van der Waals surface area contributed by atoms with Gasteiger partial charge in [0.2, 0.25) is 5.91 Å². The topological polar surface area (TPSA) is 36.4 Å². The lowest BCUT2D eigenvalue weighted by Crippen LogP contribution is -2.30. The van der Waals surface area contributed by atoms with Crippen molar-refractivity contribution in [3.05, 3.63) is 76.3 Å². The van der Waals surface area contributed by atoms with E-state index in [0.717, 1.165) is 54.6 Å². The van der Waals surface area contributed by atoms with E-state index in [0.29, 0.717) is 0 Å². The van der Waals surface area contributed by atoms with Crippen molar-refractivity contribution in [3.63, 3.8) is 0 Å². The van der Waals surface area contributed by atoms with Crippen molar-refractivity contribution in [2.24, 2.45) is 0 Å². The largest absolute Gasteiger partial charge is 0.293 e. The molecule has 4 rings (SSSR count). The molecule has 1 aliphatic rings. The van der Waals surface area contributed by atoms with E-state index in [-0.39, 0.29) is 5.91 Å². The fourth-order valence-corrected chi connectivity index (χ4v) is 4.70. The SMILES string of the molecule is CCc1ccccc1N(C(C)=O)c1nc(CN2CCc3ccccc3C2)cs1. The molecule has 0 N–H and O–H groups in total. The van der Waals surface area contributed by atoms with Crippen LogP contribution in [0.3, 0.4) is 0 Å². The summed E-state index contributed by atoms with van der Waals surface area (Å²) in [5.41, 5.74) is 5.98. The fourth-order valence-electron chi connectivity index (χ4n) is 3.83. The standard InChI is InChI=1S/C23H25N3OS/c1-3-18-8-6-7-11-22(18)26(17(2)27)23-24-21(16-28-23)15-25-13-12-19-9-4-5-10-20(19)14-25/h4-11,16H,3,12-15H2,1-2H3. The highest BCUT2D eigenvalue weighted by Crippen LogP contribution is 2.32. The highest BCUT2D eigenvalue weighted by atomic mass is 32.1. The van der Waals surface area contributed by atoms with Crippen molar-refractivity contribution in [3.8, 4) is 0 Å². The molecule has 0 atom stereocenters. The number of nitrogens with zero attached hydrogens (tertiary/aromatic N) is 3. The summed E-state index contributed by atoms with van der Waals surface area (Å²) in [5.74, 6) is -0.00583. The van der Waals surface area contributed by atoms with Crippen molar-refractivity contribution < 1.29 is 4.79 Å². The third-order valence-electron chi connectivity index (χ3n) is 5.25. The maximum Gasteiger partial charge on any atom is 0.230 e. The zero-order valence-electron chi connectivity index (χ0n) is 16.4. The molecule has 4 nitrogen and oxygen atoms in total. The first-order valence-corrected chi connectivity index (χ1v) is 10.7. The fraction of sp³-hybridized carbons (Fsp3) is 0.304. The average molecular weight is 392 g/mol. The molecule has 0 aliphatic carbocycles. The van der Waals surface area contributed by atoms with Gasteiger partial charge in [0.15, 0.2) is 5.13 Å². The Bertz CT molecular complexity index is 981. The Balaban J connectivity index is 1.54. The van der Waals surface area contributed by atoms with Crippen LogP contribution in [0.1, 0.15) is 36.2 Å². The average Bonchev–Trinajstić information content (AvgIpc) is 3.16. The van der Waals surface area contributed by atoms with Gasteiger partial charge in [0.1, 0.15) is 0 Å². The summed E-state index contributed by atoms with van der Waals surface area (Å²) < 4.78 is 0. The molecule has 1 aromatic heterocycles. The molecule has 0 spiro atoms. The van der Waals surface area contributed by atoms with Crippen LogP contribution in [0.5, 0.6) is 0 Å². The van der Waals surface area contributed by atoms with E-state index in [4.69, 9.17) is 4.98 Å². The smallest absolute Gasteiger partial charge is 0.230 e. The van der Waals surface area contributed by atoms with Gasteiger partial charge in [0.25, 0.3) is 0 Å². The summed E-state index contributed by atoms with van der Waals surface area (Å²) in [6.45, 7) is 6.52. The third kappa shape index (κ3) is 3.86. The van der Waals surface area contributed by atoms with Crippen LogP contribution >= 0.6 is 11.3 Å². The van der Waals surface area contributed by atoms with Gasteiger partial charge in [-0.15, -0.1) is 11.3 Å². The maximum atomic E-state index is 12.4. The number of para-hydroxylation sites is 1. The second-order valence-electron chi connectivity index (χ2n) is 7.19. The highest BCUT2D eigenvalue weighted by molar-refractivity contribution is 7.14. The van der Waals surface area contributed by atoms with Gasteiger partial charge in [-0.05, 0) is 35.6 Å². The maximum absolute atomic E-state index is 12.4. The number of carbonyl (C=O) groups excluding carboxylic acids is 1. The molecule has 2 aromatic carbocycles. The molecular formula is C23H25N3OS. The Labute approximate surface area is 170 Å². The van der Waals surface area contributed by atoms with Crippen LogP contribution in [0.25, 0.3) is 0 Å². The molecule has 0 fully saturated rings. The number of hydrogen-bond donors (Lipinski definition) is 0. The number of aromatic nitrogens is 1. The summed E-state index contributed by atoms with van der Waals surface area (Å²) in [4.78, 5) is 21.4. The molecule has 3 aromatic rings. The van der Waals surface area contributed by atoms with Crippen LogP contribution in [0.15, 0.2) is 53.9 Å². The quantitative estimate of drug-likeness (QED) is 0.617. The van der Waals surface area contributed by atoms with Crippen LogP contribution in [-0.4, -0.2) is 22.3 Å². The number of hydrogen-bond acceptors (Lipinski definition) is 4. The van der Waals surface area contributed by atoms with Gasteiger partial charge in [-0.2, -0.15) is 0 Å². The Kier molecular flexibility index (Phi) is 5.55. The molecule has 144 valence electrons. The Hall–Kier alpha value is -2.50. The third-order valence-corrected chi connectivity index (χ3v) is 6.13. The first-order chi connectivity index (χ1) is 13.7. The highest BCUT2D eigenvalue weighted by Gasteiger charge is 2.21. The molecule has 1 aliphatic heterocycles. The van der Waals surface area contributed by atoms with Gasteiger partial charge >= 0.3 is 0 Å². The number of fused-ring (bicyclic) bond motifs is 1. The zero-order valence-corrected chi connectivity index (χ0v) is 17.2. The van der Waals surface area contributed by atoms with Gasteiger partial charge in [-0.25, -0.2) is 4.98 Å². The minimum atomic E-state index is -0.00583. The Morgan fingerprint density at radius 2 is 1.89 bits per heavy atom. The minimum absolute atomic E-state index is 0.00583. The normalized spacial score (nSPS) is 13.9. The monoisotopic (exact) mass is 391 g/mol. The first kappa shape index (κ1) is 18.8. The lowest BCUT2D eigenvalue weighted by molar-refractivity contribution is -0.115. The number of aryl methyl sites for hydroxylation is 1. The van der Waals surface area contributed by atoms with Gasteiger partial charge in [0.05, 0.1) is 11.4 Å². The molecule has 0 radical (unpaired) electrons. The lowest BCUT2D eigenvalue weighted by atomic mass is 10.00. The van der Waals surface area contributed by atoms with Crippen molar-refractivity contribution in [1.82, 2.24) is 9.88 Å². The molecular weight excluding hydrogens is 366 g/mol. The van der Waals surface area contributed by atoms with Gasteiger partial charge in [0, 0.05) is 31.9 Å². The summed E-state index contributed by atoms with van der Waals surface area (Å²) in [6, 6.07) is 16.7. The first-order valence-electron chi connectivity index (χ1n) is 9.78. The molecule has 0 bridgehead atoms. The lowest BCUT2D eigenvalue weighted by Gasteiger charge is -2.28. The molecule has 0 saturated carbocycles. The number of carbonyl (C=O) groups is 1. The summed E-state index contributed by atoms with van der Waals surface area (Å²) in [7, 11) is 0. The van der Waals surface area contributed by atoms with Crippen molar-refractivity contribution in [1.29, 1.82) is 0 Å². The molecule has 0 unspecified atom stereocenters. The van der Waals surface area contributed by atoms with E-state index < -0.39 is 0 Å². The number of thiazole rings is 1. The van der Waals surface area contributed by atoms with E-state index in [9.17, 15) is 4.79 Å². The van der Waals surface area contributed by atoms with Gasteiger partial charge in [-0.3, -0.25) is 14.6 Å². The number of rotatable bonds is 5. The number of amides is 1. The summed E-state index contributed by atoms with van der Waals surface area (Å²) >= 11 is 1.54. The van der Waals surface area contributed by atoms with E-state index in [1.54, 1.807) is 23.2 Å².